The van der Waals surface area contributed by atoms with E-state index in [0.717, 1.165) is 28.4 Å². The Morgan fingerprint density at radius 3 is 2.12 bits per heavy atom. The van der Waals surface area contributed by atoms with Crippen LogP contribution in [0.25, 0.3) is 0 Å². The molecule has 3 saturated heterocycles. The van der Waals surface area contributed by atoms with Crippen LogP contribution in [0.2, 0.25) is 0 Å². The minimum absolute atomic E-state index is 0.0149. The van der Waals surface area contributed by atoms with Crippen LogP contribution in [0, 0.1) is 53.8 Å². The molecule has 4 saturated carbocycles. The molecule has 9 rings (SSSR count). The number of unbranched alkanes of at least 4 members (excludes halogenated alkanes) is 2. The maximum Gasteiger partial charge on any atom is 0.317 e. The highest BCUT2D eigenvalue weighted by atomic mass is 127. The molecule has 0 aromatic heterocycles. The van der Waals surface area contributed by atoms with E-state index < -0.39 is 145 Å². The first-order valence-corrected chi connectivity index (χ1v) is 30.8. The highest BCUT2D eigenvalue weighted by molar-refractivity contribution is 14.1. The summed E-state index contributed by atoms with van der Waals surface area (Å²) in [5.74, 6) is -1.86. The minimum Gasteiger partial charge on any atom is -0.432 e. The molecule has 0 unspecified atom stereocenters. The van der Waals surface area contributed by atoms with Crippen molar-refractivity contribution < 1.29 is 93.9 Å². The molecule has 3 heterocycles. The molecule has 22 heteroatoms. The Morgan fingerprint density at radius 1 is 0.732 bits per heavy atom. The van der Waals surface area contributed by atoms with Gasteiger partial charge in [0.1, 0.15) is 54.2 Å². The van der Waals surface area contributed by atoms with Gasteiger partial charge >= 0.3 is 5.97 Å². The lowest BCUT2D eigenvalue weighted by atomic mass is 9.33. The highest BCUT2D eigenvalue weighted by Gasteiger charge is 2.72. The summed E-state index contributed by atoms with van der Waals surface area (Å²) in [6, 6.07) is 5.77. The van der Waals surface area contributed by atoms with E-state index in [1.54, 1.807) is 12.1 Å². The van der Waals surface area contributed by atoms with Gasteiger partial charge in [-0.15, -0.1) is 0 Å². The van der Waals surface area contributed by atoms with Crippen LogP contribution in [0.1, 0.15) is 142 Å². The number of hydrogen-bond acceptors (Lipinski definition) is 19. The smallest absolute Gasteiger partial charge is 0.317 e. The van der Waals surface area contributed by atoms with Gasteiger partial charge in [0.15, 0.2) is 18.7 Å². The van der Waals surface area contributed by atoms with Gasteiger partial charge in [-0.3, -0.25) is 14.4 Å². The Hall–Kier alpha value is -2.50. The van der Waals surface area contributed by atoms with Crippen LogP contribution < -0.4 is 10.6 Å². The quantitative estimate of drug-likeness (QED) is 0.0490. The van der Waals surface area contributed by atoms with Crippen molar-refractivity contribution >= 4 is 40.4 Å². The van der Waals surface area contributed by atoms with Gasteiger partial charge in [0.2, 0.25) is 12.2 Å². The lowest BCUT2D eigenvalue weighted by Gasteiger charge is -2.71. The second-order valence-corrected chi connectivity index (χ2v) is 28.4. The number of benzene rings is 1. The molecule has 5 aliphatic carbocycles. The third kappa shape index (κ3) is 11.4. The first-order valence-electron chi connectivity index (χ1n) is 29.7. The lowest BCUT2D eigenvalue weighted by Crippen LogP contribution is -2.69. The fourth-order valence-electron chi connectivity index (χ4n) is 16.7. The third-order valence-electron chi connectivity index (χ3n) is 21.9. The number of aliphatic hydroxyl groups excluding tert-OH is 10. The van der Waals surface area contributed by atoms with Crippen LogP contribution in [0.15, 0.2) is 35.9 Å². The number of aliphatic hydroxyl groups is 10. The van der Waals surface area contributed by atoms with E-state index in [1.807, 2.05) is 19.1 Å². The van der Waals surface area contributed by atoms with Crippen molar-refractivity contribution in [1.29, 1.82) is 0 Å². The van der Waals surface area contributed by atoms with Gasteiger partial charge in [0.25, 0.3) is 5.91 Å². The number of nitrogens with one attached hydrogen (secondary N) is 2. The van der Waals surface area contributed by atoms with Crippen molar-refractivity contribution in [3.05, 3.63) is 45.0 Å². The van der Waals surface area contributed by atoms with Crippen molar-refractivity contribution in [2.24, 2.45) is 50.2 Å². The summed E-state index contributed by atoms with van der Waals surface area (Å²) in [5.41, 5.74) is -2.00. The average Bonchev–Trinajstić information content (AvgIpc) is 1.15. The summed E-state index contributed by atoms with van der Waals surface area (Å²) >= 11 is 2.16. The zero-order valence-corrected chi connectivity index (χ0v) is 50.6. The van der Waals surface area contributed by atoms with E-state index in [-0.39, 0.29) is 59.9 Å². The van der Waals surface area contributed by atoms with Crippen molar-refractivity contribution in [1.82, 2.24) is 10.6 Å². The third-order valence-corrected chi connectivity index (χ3v) is 22.6. The van der Waals surface area contributed by atoms with Gasteiger partial charge in [-0.25, -0.2) is 0 Å². The zero-order valence-electron chi connectivity index (χ0n) is 48.4. The largest absolute Gasteiger partial charge is 0.432 e. The Labute approximate surface area is 494 Å². The van der Waals surface area contributed by atoms with Gasteiger partial charge in [-0.2, -0.15) is 0 Å². The summed E-state index contributed by atoms with van der Waals surface area (Å²) in [6.07, 6.45) is -14.2. The average molecular weight is 1270 g/mol. The number of carbonyl (C=O) groups excluding carboxylic acids is 3. The molecule has 0 spiro atoms. The van der Waals surface area contributed by atoms with Gasteiger partial charge in [-0.05, 0) is 164 Å². The molecule has 0 radical (unpaired) electrons. The molecular formula is C60H91IN2O19. The second kappa shape index (κ2) is 24.6. The summed E-state index contributed by atoms with van der Waals surface area (Å²) in [6.45, 7) is 13.7. The Bertz CT molecular complexity index is 2470. The van der Waals surface area contributed by atoms with Gasteiger partial charge in [-0.1, -0.05) is 59.6 Å². The van der Waals surface area contributed by atoms with Crippen molar-refractivity contribution in [2.45, 2.75) is 230 Å². The Morgan fingerprint density at radius 2 is 1.43 bits per heavy atom. The van der Waals surface area contributed by atoms with Crippen molar-refractivity contribution in [2.75, 3.05) is 26.4 Å². The standard InChI is InChI=1S/C60H91IN2O19/c1-30-48(80-51-46(73)43(70)35(66)28-77-51)45(72)47(74)52(78-30)81-49-44(71)42(63-41(69)11-9-8-10-24-62-50(75)31-12-14-32(61)15-13-31)36(27-64)79-53(49)82-54(76)60-23-22-55(2,3)25-34(60)33-16-17-38-56(4)20-19-39(67)57(5,29-65)37(56)18-21-58(38,6)59(33,7)26-40(60)68/h12-16,30,34-40,42-49,51-53,64-68,70-74H,8-11,17-29H2,1-7H3,(H,62,75)(H,63,69)/t30-,34-,35+,36+,37+,38+,39-,40+,42-,43-,44-,45-,46+,47+,48-,49+,51-,52-,53-,56-,57-,58+,59+,60+/m0/s1. The van der Waals surface area contributed by atoms with Gasteiger partial charge < -0.3 is 90.1 Å². The Balaban J connectivity index is 0.963. The van der Waals surface area contributed by atoms with Crippen LogP contribution in [0.3, 0.4) is 0 Å². The normalized spacial score (nSPS) is 46.2. The van der Waals surface area contributed by atoms with Gasteiger partial charge in [0, 0.05) is 27.5 Å². The number of fused-ring (bicyclic) bond motifs is 7. The van der Waals surface area contributed by atoms with E-state index >= 15 is 4.79 Å². The molecule has 24 atom stereocenters. The summed E-state index contributed by atoms with van der Waals surface area (Å²) in [7, 11) is 0. The van der Waals surface area contributed by atoms with E-state index in [1.165, 1.54) is 6.92 Å². The number of allylic oxidation sites excluding steroid dienone is 2. The maximum atomic E-state index is 15.7. The molecule has 462 valence electrons. The highest BCUT2D eigenvalue weighted by Crippen LogP contribution is 2.76. The molecule has 21 nitrogen and oxygen atoms in total. The molecule has 1 aromatic carbocycles. The molecule has 82 heavy (non-hydrogen) atoms. The zero-order chi connectivity index (χ0) is 59.6. The number of carbonyl (C=O) groups is 3. The van der Waals surface area contributed by atoms with Crippen molar-refractivity contribution in [3.63, 3.8) is 0 Å². The lowest BCUT2D eigenvalue weighted by molar-refractivity contribution is -0.370. The molecule has 2 amide bonds. The molecule has 7 fully saturated rings. The predicted molar refractivity (Wildman–Crippen MR) is 301 cm³/mol. The van der Waals surface area contributed by atoms with Crippen LogP contribution in [0.4, 0.5) is 0 Å². The van der Waals surface area contributed by atoms with E-state index in [9.17, 15) is 60.7 Å². The van der Waals surface area contributed by atoms with Crippen LogP contribution >= 0.6 is 22.6 Å². The van der Waals surface area contributed by atoms with Crippen LogP contribution in [-0.2, 0) is 38.0 Å². The fourth-order valence-corrected chi connectivity index (χ4v) is 17.1. The molecule has 3 aliphatic heterocycles. The number of esters is 1. The van der Waals surface area contributed by atoms with E-state index in [0.29, 0.717) is 57.1 Å². The SMILES string of the molecule is C[C@@H]1O[C@@H](O[C@H]2[C@H](OC(=O)[C@]34CCC(C)(C)C[C@H]3C3=CC[C@@H]5[C@@]6(C)CC[C@H](O)[C@@](C)(CO)[C@@H]6CC[C@@]5(C)[C@]3(C)C[C@H]4O)O[C@H](CO)[C@H](NC(=O)CCCCCNC(=O)c3ccc(I)cc3)[C@@H]2O)[C@H](O)[C@H](O)[C@H]1O[C@@H]1OC[C@@H](O)[C@H](O)[C@H]1O. The fraction of sp³-hybridized carbons (Fsp3) is 0.817. The molecular weight excluding hydrogens is 1180 g/mol. The number of ether oxygens (including phenoxy) is 6. The molecule has 1 aromatic rings. The molecule has 8 aliphatic rings. The summed E-state index contributed by atoms with van der Waals surface area (Å²) < 4.78 is 37.5. The maximum absolute atomic E-state index is 15.7. The predicted octanol–water partition coefficient (Wildman–Crippen LogP) is 2.47. The number of rotatable bonds is 16. The molecule has 12 N–H and O–H groups in total. The number of halogens is 1. The first kappa shape index (κ1) is 64.0. The summed E-state index contributed by atoms with van der Waals surface area (Å²) in [4.78, 5) is 42.0. The van der Waals surface area contributed by atoms with E-state index in [4.69, 9.17) is 28.4 Å². The summed E-state index contributed by atoms with van der Waals surface area (Å²) in [5, 5.41) is 118. The Kier molecular flexibility index (Phi) is 19.2. The van der Waals surface area contributed by atoms with Gasteiger partial charge in [0.05, 0.1) is 44.2 Å². The van der Waals surface area contributed by atoms with Crippen LogP contribution in [0.5, 0.6) is 0 Å². The minimum atomic E-state index is -1.95. The molecule has 0 bridgehead atoms. The van der Waals surface area contributed by atoms with Crippen molar-refractivity contribution in [3.8, 4) is 0 Å². The topological polar surface area (TPSA) is 333 Å². The van der Waals surface area contributed by atoms with E-state index in [2.05, 4.69) is 73.9 Å². The number of amides is 2. The number of hydrogen-bond donors (Lipinski definition) is 12. The monoisotopic (exact) mass is 1270 g/mol. The first-order chi connectivity index (χ1) is 38.6. The second-order valence-electron chi connectivity index (χ2n) is 27.1. The van der Waals surface area contributed by atoms with Crippen LogP contribution in [-0.4, -0.2) is 193 Å².